The summed E-state index contributed by atoms with van der Waals surface area (Å²) in [6.45, 7) is 0. The van der Waals surface area contributed by atoms with Crippen molar-refractivity contribution in [2.24, 2.45) is 0 Å². The molecule has 3 nitrogen and oxygen atoms in total. The summed E-state index contributed by atoms with van der Waals surface area (Å²) in [6.07, 6.45) is -3.18. The fraction of sp³-hybridized carbons (Fsp3) is 0.200. The highest BCUT2D eigenvalue weighted by atomic mass is 35.5. The Kier molecular flexibility index (Phi) is 3.49. The van der Waals surface area contributed by atoms with Crippen LogP contribution in [0.5, 0.6) is 0 Å². The minimum Gasteiger partial charge on any atom is -0.220 e. The molecule has 0 fully saturated rings. The summed E-state index contributed by atoms with van der Waals surface area (Å²) in [4.78, 5) is 0. The summed E-state index contributed by atoms with van der Waals surface area (Å²) in [5.41, 5.74) is -0.628. The highest BCUT2D eigenvalue weighted by molar-refractivity contribution is 6.30. The molecule has 0 amide bonds. The van der Waals surface area contributed by atoms with Crippen LogP contribution in [-0.2, 0) is 12.1 Å². The SMILES string of the molecule is FC(F)(F)c1cc(Cl)ccc1-n1cc(CCl)nn1. The molecule has 0 aliphatic heterocycles. The second kappa shape index (κ2) is 4.78. The molecule has 18 heavy (non-hydrogen) atoms. The van der Waals surface area contributed by atoms with E-state index in [1.54, 1.807) is 0 Å². The fourth-order valence-corrected chi connectivity index (χ4v) is 1.71. The third-order valence-electron chi connectivity index (χ3n) is 2.19. The van der Waals surface area contributed by atoms with Crippen LogP contribution >= 0.6 is 23.2 Å². The van der Waals surface area contributed by atoms with Crippen molar-refractivity contribution >= 4 is 23.2 Å². The van der Waals surface area contributed by atoms with Crippen LogP contribution in [0.2, 0.25) is 5.02 Å². The predicted molar refractivity (Wildman–Crippen MR) is 60.9 cm³/mol. The molecule has 0 spiro atoms. The van der Waals surface area contributed by atoms with Crippen molar-refractivity contribution in [2.45, 2.75) is 12.1 Å². The Morgan fingerprint density at radius 2 is 2.00 bits per heavy atom. The van der Waals surface area contributed by atoms with Crippen LogP contribution in [0.3, 0.4) is 0 Å². The van der Waals surface area contributed by atoms with Crippen LogP contribution in [0.15, 0.2) is 24.4 Å². The quantitative estimate of drug-likeness (QED) is 0.791. The Labute approximate surface area is 110 Å². The van der Waals surface area contributed by atoms with E-state index in [-0.39, 0.29) is 16.6 Å². The standard InChI is InChI=1S/C10H6Cl2F3N3/c11-4-7-5-18(17-16-7)9-2-1-6(12)3-8(9)10(13,14)15/h1-3,5H,4H2. The van der Waals surface area contributed by atoms with E-state index in [0.29, 0.717) is 5.69 Å². The molecule has 0 N–H and O–H groups in total. The van der Waals surface area contributed by atoms with E-state index in [0.717, 1.165) is 10.7 Å². The number of nitrogens with zero attached hydrogens (tertiary/aromatic N) is 3. The number of hydrogen-bond donors (Lipinski definition) is 0. The van der Waals surface area contributed by atoms with E-state index < -0.39 is 11.7 Å². The molecule has 0 atom stereocenters. The van der Waals surface area contributed by atoms with Gasteiger partial charge in [0.15, 0.2) is 0 Å². The van der Waals surface area contributed by atoms with Gasteiger partial charge in [0.25, 0.3) is 0 Å². The monoisotopic (exact) mass is 295 g/mol. The van der Waals surface area contributed by atoms with Crippen LogP contribution in [0, 0.1) is 0 Å². The number of alkyl halides is 4. The van der Waals surface area contributed by atoms with E-state index in [1.165, 1.54) is 18.3 Å². The van der Waals surface area contributed by atoms with Crippen molar-refractivity contribution in [1.82, 2.24) is 15.0 Å². The van der Waals surface area contributed by atoms with Crippen molar-refractivity contribution < 1.29 is 13.2 Å². The van der Waals surface area contributed by atoms with Gasteiger partial charge in [-0.2, -0.15) is 13.2 Å². The van der Waals surface area contributed by atoms with Gasteiger partial charge in [-0.25, -0.2) is 4.68 Å². The fourth-order valence-electron chi connectivity index (χ4n) is 1.41. The van der Waals surface area contributed by atoms with Crippen molar-refractivity contribution in [3.63, 3.8) is 0 Å². The van der Waals surface area contributed by atoms with Gasteiger partial charge < -0.3 is 0 Å². The lowest BCUT2D eigenvalue weighted by molar-refractivity contribution is -0.137. The van der Waals surface area contributed by atoms with E-state index in [2.05, 4.69) is 10.3 Å². The molecular weight excluding hydrogens is 290 g/mol. The maximum Gasteiger partial charge on any atom is 0.418 e. The minimum atomic E-state index is -4.52. The Morgan fingerprint density at radius 1 is 1.28 bits per heavy atom. The van der Waals surface area contributed by atoms with Crippen molar-refractivity contribution in [2.75, 3.05) is 0 Å². The van der Waals surface area contributed by atoms with E-state index in [4.69, 9.17) is 23.2 Å². The minimum absolute atomic E-state index is 0.00348. The van der Waals surface area contributed by atoms with E-state index >= 15 is 0 Å². The number of halogens is 5. The molecule has 2 aromatic rings. The summed E-state index contributed by atoms with van der Waals surface area (Å²) in [5, 5.41) is 7.24. The number of aromatic nitrogens is 3. The lowest BCUT2D eigenvalue weighted by atomic mass is 10.1. The van der Waals surface area contributed by atoms with Crippen molar-refractivity contribution in [3.8, 4) is 5.69 Å². The van der Waals surface area contributed by atoms with Gasteiger partial charge in [-0.3, -0.25) is 0 Å². The highest BCUT2D eigenvalue weighted by Crippen LogP contribution is 2.35. The van der Waals surface area contributed by atoms with Crippen molar-refractivity contribution in [3.05, 3.63) is 40.7 Å². The molecule has 0 radical (unpaired) electrons. The smallest absolute Gasteiger partial charge is 0.220 e. The first kappa shape index (κ1) is 13.2. The van der Waals surface area contributed by atoms with Crippen LogP contribution in [0.25, 0.3) is 5.69 Å². The van der Waals surface area contributed by atoms with Crippen LogP contribution in [-0.4, -0.2) is 15.0 Å². The van der Waals surface area contributed by atoms with Gasteiger partial charge in [-0.1, -0.05) is 16.8 Å². The zero-order chi connectivity index (χ0) is 13.3. The second-order valence-electron chi connectivity index (χ2n) is 3.45. The third kappa shape index (κ3) is 2.59. The molecule has 1 aromatic heterocycles. The van der Waals surface area contributed by atoms with Crippen LogP contribution in [0.1, 0.15) is 11.3 Å². The van der Waals surface area contributed by atoms with Gasteiger partial charge in [-0.05, 0) is 18.2 Å². The Morgan fingerprint density at radius 3 is 2.56 bits per heavy atom. The molecule has 0 unspecified atom stereocenters. The predicted octanol–water partition coefficient (Wildman–Crippen LogP) is 3.68. The first-order valence-corrected chi connectivity index (χ1v) is 5.67. The van der Waals surface area contributed by atoms with Gasteiger partial charge in [0, 0.05) is 5.02 Å². The van der Waals surface area contributed by atoms with Gasteiger partial charge >= 0.3 is 6.18 Å². The van der Waals surface area contributed by atoms with Gasteiger partial charge in [0.05, 0.1) is 29.0 Å². The summed E-state index contributed by atoms with van der Waals surface area (Å²) in [5.74, 6) is 0.0783. The maximum absolute atomic E-state index is 12.9. The number of rotatable bonds is 2. The lowest BCUT2D eigenvalue weighted by Crippen LogP contribution is -2.11. The molecule has 1 heterocycles. The Hall–Kier alpha value is -1.27. The number of benzene rings is 1. The number of hydrogen-bond acceptors (Lipinski definition) is 2. The van der Waals surface area contributed by atoms with Gasteiger partial charge in [0.2, 0.25) is 0 Å². The summed E-state index contributed by atoms with van der Waals surface area (Å²) < 4.78 is 39.6. The molecule has 0 saturated carbocycles. The van der Waals surface area contributed by atoms with Crippen molar-refractivity contribution in [1.29, 1.82) is 0 Å². The van der Waals surface area contributed by atoms with E-state index in [9.17, 15) is 13.2 Å². The molecule has 96 valence electrons. The Balaban J connectivity index is 2.56. The van der Waals surface area contributed by atoms with Gasteiger partial charge in [0.1, 0.15) is 0 Å². The molecule has 2 rings (SSSR count). The zero-order valence-electron chi connectivity index (χ0n) is 8.75. The topological polar surface area (TPSA) is 30.7 Å². The molecule has 0 bridgehead atoms. The molecule has 0 aliphatic rings. The van der Waals surface area contributed by atoms with Crippen LogP contribution < -0.4 is 0 Å². The Bertz CT molecular complexity index is 566. The normalized spacial score (nSPS) is 11.8. The van der Waals surface area contributed by atoms with Crippen LogP contribution in [0.4, 0.5) is 13.2 Å². The first-order chi connectivity index (χ1) is 8.41. The zero-order valence-corrected chi connectivity index (χ0v) is 10.3. The largest absolute Gasteiger partial charge is 0.418 e. The summed E-state index contributed by atoms with van der Waals surface area (Å²) >= 11 is 11.1. The molecule has 0 saturated heterocycles. The van der Waals surface area contributed by atoms with Gasteiger partial charge in [-0.15, -0.1) is 16.7 Å². The third-order valence-corrected chi connectivity index (χ3v) is 2.70. The molecule has 8 heteroatoms. The molecule has 1 aromatic carbocycles. The lowest BCUT2D eigenvalue weighted by Gasteiger charge is -2.12. The first-order valence-electron chi connectivity index (χ1n) is 4.76. The average Bonchev–Trinajstić information content (AvgIpc) is 2.76. The summed E-state index contributed by atoms with van der Waals surface area (Å²) in [7, 11) is 0. The maximum atomic E-state index is 12.9. The molecular formula is C10H6Cl2F3N3. The average molecular weight is 296 g/mol. The van der Waals surface area contributed by atoms with E-state index in [1.807, 2.05) is 0 Å². The second-order valence-corrected chi connectivity index (χ2v) is 4.15. The molecule has 0 aliphatic carbocycles. The highest BCUT2D eigenvalue weighted by Gasteiger charge is 2.34. The summed E-state index contributed by atoms with van der Waals surface area (Å²) in [6, 6.07) is 3.44.